The summed E-state index contributed by atoms with van der Waals surface area (Å²) in [6, 6.07) is 7.04. The van der Waals surface area contributed by atoms with Gasteiger partial charge in [-0.25, -0.2) is 8.42 Å². The molecule has 0 bridgehead atoms. The predicted octanol–water partition coefficient (Wildman–Crippen LogP) is 2.93. The third-order valence-corrected chi connectivity index (χ3v) is 5.21. The lowest BCUT2D eigenvalue weighted by Crippen LogP contribution is -1.95. The zero-order chi connectivity index (χ0) is 13.9. The van der Waals surface area contributed by atoms with Gasteiger partial charge in [0, 0.05) is 15.8 Å². The van der Waals surface area contributed by atoms with E-state index in [9.17, 15) is 12.6 Å². The minimum atomic E-state index is -3.32. The zero-order valence-corrected chi connectivity index (χ0v) is 12.2. The van der Waals surface area contributed by atoms with Crippen molar-refractivity contribution in [2.45, 2.75) is 5.75 Å². The van der Waals surface area contributed by atoms with E-state index in [2.05, 4.69) is 0 Å². The lowest BCUT2D eigenvalue weighted by molar-refractivity contribution is 0.611. The van der Waals surface area contributed by atoms with Crippen LogP contribution in [0, 0.1) is 0 Å². The summed E-state index contributed by atoms with van der Waals surface area (Å²) in [5.74, 6) is 0.328. The molecule has 1 aromatic rings. The van der Waals surface area contributed by atoms with Crippen LogP contribution < -0.4 is 0 Å². The molecule has 0 fully saturated rings. The fourth-order valence-electron chi connectivity index (χ4n) is 1.50. The van der Waals surface area contributed by atoms with E-state index in [1.165, 1.54) is 23.6 Å². The summed E-state index contributed by atoms with van der Waals surface area (Å²) in [6.45, 7) is 0. The lowest BCUT2D eigenvalue weighted by atomic mass is 10.2. The monoisotopic (exact) mass is 314 g/mol. The highest BCUT2D eigenvalue weighted by atomic mass is 35.5. The summed E-state index contributed by atoms with van der Waals surface area (Å²) >= 11 is 5.76. The number of allylic oxidation sites excluding steroid dienone is 3. The quantitative estimate of drug-likeness (QED) is 0.858. The first-order valence-electron chi connectivity index (χ1n) is 5.41. The molecule has 1 aliphatic rings. The standard InChI is InChI=1S/C13H11ClO3S2/c14-12-5-3-11(4-6-12)10-18(15)8-7-13-2-1-9-19(13,16)17/h1-9H,10H2. The van der Waals surface area contributed by atoms with Crippen molar-refractivity contribution in [1.82, 2.24) is 0 Å². The maximum absolute atomic E-state index is 11.8. The molecule has 0 saturated heterocycles. The predicted molar refractivity (Wildman–Crippen MR) is 78.6 cm³/mol. The van der Waals surface area contributed by atoms with Crippen LogP contribution in [-0.2, 0) is 26.4 Å². The molecule has 0 aromatic heterocycles. The van der Waals surface area contributed by atoms with Gasteiger partial charge in [0.05, 0.1) is 21.5 Å². The summed E-state index contributed by atoms with van der Waals surface area (Å²) in [5, 5.41) is 3.14. The first-order chi connectivity index (χ1) is 8.97. The van der Waals surface area contributed by atoms with Crippen molar-refractivity contribution in [3.05, 3.63) is 68.8 Å². The molecule has 0 saturated carbocycles. The molecule has 2 rings (SSSR count). The van der Waals surface area contributed by atoms with Crippen LogP contribution in [0.15, 0.2) is 58.2 Å². The molecule has 0 spiro atoms. The average Bonchev–Trinajstić information content (AvgIpc) is 2.69. The Morgan fingerprint density at radius 3 is 2.47 bits per heavy atom. The molecule has 6 heteroatoms. The van der Waals surface area contributed by atoms with Gasteiger partial charge in [-0.15, -0.1) is 0 Å². The molecule has 0 aliphatic carbocycles. The van der Waals surface area contributed by atoms with Crippen LogP contribution >= 0.6 is 11.6 Å². The van der Waals surface area contributed by atoms with Crippen molar-refractivity contribution in [2.75, 3.05) is 0 Å². The van der Waals surface area contributed by atoms with E-state index in [1.54, 1.807) is 24.3 Å². The van der Waals surface area contributed by atoms with Crippen molar-refractivity contribution >= 4 is 32.2 Å². The van der Waals surface area contributed by atoms with Gasteiger partial charge < -0.3 is 0 Å². The molecule has 1 heterocycles. The average molecular weight is 315 g/mol. The summed E-state index contributed by atoms with van der Waals surface area (Å²) in [5.41, 5.74) is 0.883. The largest absolute Gasteiger partial charge is 0.255 e. The van der Waals surface area contributed by atoms with Crippen molar-refractivity contribution in [1.29, 1.82) is 0 Å². The summed E-state index contributed by atoms with van der Waals surface area (Å²) < 4.78 is 34.7. The number of sulfone groups is 1. The topological polar surface area (TPSA) is 51.2 Å². The smallest absolute Gasteiger partial charge is 0.199 e. The molecule has 3 nitrogen and oxygen atoms in total. The second-order valence-corrected chi connectivity index (χ2v) is 7.49. The van der Waals surface area contributed by atoms with Crippen LogP contribution in [0.4, 0.5) is 0 Å². The van der Waals surface area contributed by atoms with Gasteiger partial charge in [-0.05, 0) is 35.9 Å². The minimum absolute atomic E-state index is 0.164. The van der Waals surface area contributed by atoms with Gasteiger partial charge in [0.1, 0.15) is 0 Å². The molecule has 0 N–H and O–H groups in total. The molecule has 1 atom stereocenters. The van der Waals surface area contributed by atoms with Crippen molar-refractivity contribution in [3.63, 3.8) is 0 Å². The third kappa shape index (κ3) is 3.89. The van der Waals surface area contributed by atoms with E-state index in [0.717, 1.165) is 11.0 Å². The number of rotatable bonds is 4. The number of halogens is 1. The van der Waals surface area contributed by atoms with Crippen molar-refractivity contribution < 1.29 is 12.6 Å². The van der Waals surface area contributed by atoms with Crippen molar-refractivity contribution in [2.24, 2.45) is 0 Å². The molecular formula is C13H11ClO3S2. The highest BCUT2D eigenvalue weighted by Crippen LogP contribution is 2.18. The van der Waals surface area contributed by atoms with Crippen molar-refractivity contribution in [3.8, 4) is 0 Å². The molecule has 1 unspecified atom stereocenters. The molecule has 0 radical (unpaired) electrons. The molecule has 100 valence electrons. The van der Waals surface area contributed by atoms with Gasteiger partial charge in [-0.1, -0.05) is 23.7 Å². The third-order valence-electron chi connectivity index (χ3n) is 2.45. The maximum Gasteiger partial charge on any atom is 0.199 e. The lowest BCUT2D eigenvalue weighted by Gasteiger charge is -1.99. The molecule has 19 heavy (non-hydrogen) atoms. The van der Waals surface area contributed by atoms with Crippen LogP contribution in [0.1, 0.15) is 5.56 Å². The SMILES string of the molecule is O=S(C=CC1=CC=CS1(=O)=O)Cc1ccc(Cl)cc1. The van der Waals surface area contributed by atoms with Gasteiger partial charge in [0.25, 0.3) is 0 Å². The van der Waals surface area contributed by atoms with E-state index >= 15 is 0 Å². The minimum Gasteiger partial charge on any atom is -0.255 e. The molecule has 1 aromatic carbocycles. The normalized spacial score (nSPS) is 18.7. The van der Waals surface area contributed by atoms with Gasteiger partial charge in [-0.2, -0.15) is 0 Å². The second-order valence-electron chi connectivity index (χ2n) is 3.90. The summed E-state index contributed by atoms with van der Waals surface area (Å²) in [7, 11) is -4.58. The van der Waals surface area contributed by atoms with Crippen LogP contribution in [-0.4, -0.2) is 12.6 Å². The highest BCUT2D eigenvalue weighted by Gasteiger charge is 2.14. The number of hydrogen-bond acceptors (Lipinski definition) is 3. The number of benzene rings is 1. The Morgan fingerprint density at radius 1 is 1.21 bits per heavy atom. The van der Waals surface area contributed by atoms with Gasteiger partial charge in [0.2, 0.25) is 0 Å². The van der Waals surface area contributed by atoms with Gasteiger partial charge >= 0.3 is 0 Å². The second kappa shape index (κ2) is 5.86. The molecule has 0 amide bonds. The Morgan fingerprint density at radius 2 is 1.89 bits per heavy atom. The maximum atomic E-state index is 11.8. The first-order valence-corrected chi connectivity index (χ1v) is 8.71. The Kier molecular flexibility index (Phi) is 4.39. The van der Waals surface area contributed by atoms with Crippen LogP contribution in [0.2, 0.25) is 5.02 Å². The van der Waals surface area contributed by atoms with E-state index < -0.39 is 20.6 Å². The first kappa shape index (κ1) is 14.2. The fourth-order valence-corrected chi connectivity index (χ4v) is 3.59. The highest BCUT2D eigenvalue weighted by molar-refractivity contribution is 7.98. The number of hydrogen-bond donors (Lipinski definition) is 0. The Hall–Kier alpha value is -1.17. The van der Waals surface area contributed by atoms with Crippen LogP contribution in [0.3, 0.4) is 0 Å². The summed E-state index contributed by atoms with van der Waals surface area (Å²) in [6.07, 6.45) is 4.31. The van der Waals surface area contributed by atoms with E-state index in [4.69, 9.17) is 11.6 Å². The Labute approximate surface area is 119 Å². The van der Waals surface area contributed by atoms with E-state index in [0.29, 0.717) is 10.8 Å². The summed E-state index contributed by atoms with van der Waals surface area (Å²) in [4.78, 5) is 0.164. The Balaban J connectivity index is 2.01. The Bertz CT molecular complexity index is 683. The van der Waals surface area contributed by atoms with Gasteiger partial charge in [-0.3, -0.25) is 4.21 Å². The van der Waals surface area contributed by atoms with Gasteiger partial charge in [0.15, 0.2) is 9.84 Å². The zero-order valence-electron chi connectivity index (χ0n) is 9.82. The molecular weight excluding hydrogens is 304 g/mol. The van der Waals surface area contributed by atoms with E-state index in [-0.39, 0.29) is 4.91 Å². The van der Waals surface area contributed by atoms with Crippen LogP contribution in [0.5, 0.6) is 0 Å². The van der Waals surface area contributed by atoms with E-state index in [1.807, 2.05) is 0 Å². The van der Waals surface area contributed by atoms with Crippen LogP contribution in [0.25, 0.3) is 0 Å². The molecule has 1 aliphatic heterocycles. The fraction of sp³-hybridized carbons (Fsp3) is 0.0769.